The Morgan fingerprint density at radius 2 is 2.22 bits per heavy atom. The third-order valence-corrected chi connectivity index (χ3v) is 4.27. The van der Waals surface area contributed by atoms with Gasteiger partial charge in [0.25, 0.3) is 5.91 Å². The number of carbonyl (C=O) groups excluding carboxylic acids is 2. The number of hydrogen-bond donors (Lipinski definition) is 1. The van der Waals surface area contributed by atoms with Gasteiger partial charge in [0.15, 0.2) is 0 Å². The second-order valence-corrected chi connectivity index (χ2v) is 6.37. The molecule has 0 aromatic heterocycles. The van der Waals surface area contributed by atoms with Gasteiger partial charge in [-0.25, -0.2) is 4.39 Å². The number of carbonyl (C=O) groups is 2. The van der Waals surface area contributed by atoms with E-state index < -0.39 is 5.82 Å². The van der Waals surface area contributed by atoms with Crippen molar-refractivity contribution < 1.29 is 14.0 Å². The van der Waals surface area contributed by atoms with Gasteiger partial charge in [-0.15, -0.1) is 0 Å². The van der Waals surface area contributed by atoms with Crippen molar-refractivity contribution in [3.05, 3.63) is 34.6 Å². The van der Waals surface area contributed by atoms with Crippen molar-refractivity contribution in [2.75, 3.05) is 19.6 Å². The zero-order chi connectivity index (χ0) is 16.8. The molecule has 1 atom stereocenters. The second-order valence-electron chi connectivity index (χ2n) is 5.94. The van der Waals surface area contributed by atoms with Crippen LogP contribution in [0.25, 0.3) is 0 Å². The van der Waals surface area contributed by atoms with Crippen LogP contribution < -0.4 is 5.32 Å². The summed E-state index contributed by atoms with van der Waals surface area (Å²) >= 11 is 5.86. The molecular formula is C17H22ClFN2O2. The van der Waals surface area contributed by atoms with Crippen LogP contribution >= 0.6 is 11.6 Å². The number of halogens is 2. The van der Waals surface area contributed by atoms with Crippen molar-refractivity contribution in [1.29, 1.82) is 0 Å². The molecule has 0 saturated carbocycles. The number of nitrogens with zero attached hydrogens (tertiary/aromatic N) is 1. The predicted molar refractivity (Wildman–Crippen MR) is 88.0 cm³/mol. The lowest BCUT2D eigenvalue weighted by atomic mass is 9.97. The van der Waals surface area contributed by atoms with Crippen molar-refractivity contribution in [3.8, 4) is 0 Å². The van der Waals surface area contributed by atoms with E-state index in [1.165, 1.54) is 18.2 Å². The lowest BCUT2D eigenvalue weighted by Gasteiger charge is -2.33. The average molecular weight is 341 g/mol. The normalized spacial score (nSPS) is 17.9. The van der Waals surface area contributed by atoms with E-state index >= 15 is 0 Å². The zero-order valence-corrected chi connectivity index (χ0v) is 14.0. The van der Waals surface area contributed by atoms with Crippen molar-refractivity contribution in [2.45, 2.75) is 32.6 Å². The Morgan fingerprint density at radius 3 is 2.96 bits per heavy atom. The van der Waals surface area contributed by atoms with Crippen molar-refractivity contribution in [3.63, 3.8) is 0 Å². The van der Waals surface area contributed by atoms with Gasteiger partial charge in [0, 0.05) is 31.1 Å². The molecule has 0 bridgehead atoms. The van der Waals surface area contributed by atoms with E-state index in [4.69, 9.17) is 11.6 Å². The number of nitrogens with one attached hydrogen (secondary N) is 1. The van der Waals surface area contributed by atoms with E-state index in [9.17, 15) is 14.0 Å². The minimum atomic E-state index is -0.558. The first-order valence-corrected chi connectivity index (χ1v) is 8.40. The van der Waals surface area contributed by atoms with Crippen LogP contribution in [0.4, 0.5) is 4.39 Å². The Balaban J connectivity index is 1.96. The number of hydrogen-bond acceptors (Lipinski definition) is 2. The fourth-order valence-electron chi connectivity index (χ4n) is 2.82. The van der Waals surface area contributed by atoms with E-state index in [1.807, 2.05) is 6.92 Å². The van der Waals surface area contributed by atoms with Gasteiger partial charge in [-0.05, 0) is 43.4 Å². The SMILES string of the molecule is CCCC(=O)NCC1CCCN(C(=O)c2cc(Cl)ccc2F)C1. The highest BCUT2D eigenvalue weighted by molar-refractivity contribution is 6.31. The lowest BCUT2D eigenvalue weighted by Crippen LogP contribution is -2.43. The smallest absolute Gasteiger partial charge is 0.256 e. The molecule has 1 aromatic carbocycles. The molecule has 4 nitrogen and oxygen atoms in total. The number of rotatable bonds is 5. The third kappa shape index (κ3) is 4.93. The average Bonchev–Trinajstić information content (AvgIpc) is 2.55. The standard InChI is InChI=1S/C17H22ClFN2O2/c1-2-4-16(22)20-10-12-5-3-8-21(11-12)17(23)14-9-13(18)6-7-15(14)19/h6-7,9,12H,2-5,8,10-11H2,1H3,(H,20,22). The molecule has 0 radical (unpaired) electrons. The van der Waals surface area contributed by atoms with Crippen LogP contribution in [0.5, 0.6) is 0 Å². The second kappa shape index (κ2) is 8.29. The Kier molecular flexibility index (Phi) is 6.39. The summed E-state index contributed by atoms with van der Waals surface area (Å²) in [6.45, 7) is 3.64. The van der Waals surface area contributed by atoms with E-state index in [0.717, 1.165) is 19.3 Å². The molecule has 126 valence electrons. The van der Waals surface area contributed by atoms with Crippen LogP contribution in [-0.4, -0.2) is 36.3 Å². The van der Waals surface area contributed by atoms with Gasteiger partial charge in [-0.1, -0.05) is 18.5 Å². The molecule has 23 heavy (non-hydrogen) atoms. The summed E-state index contributed by atoms with van der Waals surface area (Å²) in [6.07, 6.45) is 3.13. The van der Waals surface area contributed by atoms with Crippen LogP contribution in [-0.2, 0) is 4.79 Å². The van der Waals surface area contributed by atoms with Gasteiger partial charge < -0.3 is 10.2 Å². The maximum atomic E-state index is 13.8. The maximum absolute atomic E-state index is 13.8. The van der Waals surface area contributed by atoms with Crippen LogP contribution in [0.3, 0.4) is 0 Å². The van der Waals surface area contributed by atoms with E-state index in [2.05, 4.69) is 5.32 Å². The molecule has 1 aromatic rings. The highest BCUT2D eigenvalue weighted by atomic mass is 35.5. The summed E-state index contributed by atoms with van der Waals surface area (Å²) in [5.74, 6) is -0.653. The third-order valence-electron chi connectivity index (χ3n) is 4.03. The monoisotopic (exact) mass is 340 g/mol. The van der Waals surface area contributed by atoms with Gasteiger partial charge in [0.05, 0.1) is 5.56 Å². The molecule has 1 aliphatic heterocycles. The Bertz CT molecular complexity index is 580. The van der Waals surface area contributed by atoms with Crippen LogP contribution in [0.2, 0.25) is 5.02 Å². The number of likely N-dealkylation sites (tertiary alicyclic amines) is 1. The van der Waals surface area contributed by atoms with Gasteiger partial charge in [-0.3, -0.25) is 9.59 Å². The van der Waals surface area contributed by atoms with Gasteiger partial charge in [0.2, 0.25) is 5.91 Å². The topological polar surface area (TPSA) is 49.4 Å². The van der Waals surface area contributed by atoms with Crippen molar-refractivity contribution >= 4 is 23.4 Å². The molecule has 6 heteroatoms. The molecule has 1 heterocycles. The molecular weight excluding hydrogens is 319 g/mol. The summed E-state index contributed by atoms with van der Waals surface area (Å²) in [5, 5.41) is 3.24. The van der Waals surface area contributed by atoms with Crippen LogP contribution in [0.15, 0.2) is 18.2 Å². The lowest BCUT2D eigenvalue weighted by molar-refractivity contribution is -0.121. The summed E-state index contributed by atoms with van der Waals surface area (Å²) in [4.78, 5) is 25.7. The first-order chi connectivity index (χ1) is 11.0. The molecule has 2 amide bonds. The summed E-state index contributed by atoms with van der Waals surface area (Å²) in [6, 6.07) is 4.00. The summed E-state index contributed by atoms with van der Waals surface area (Å²) < 4.78 is 13.8. The van der Waals surface area contributed by atoms with Crippen LogP contribution in [0.1, 0.15) is 43.0 Å². The highest BCUT2D eigenvalue weighted by Gasteiger charge is 2.26. The minimum absolute atomic E-state index is 0.00756. The van der Waals surface area contributed by atoms with Crippen molar-refractivity contribution in [1.82, 2.24) is 10.2 Å². The quantitative estimate of drug-likeness (QED) is 0.894. The van der Waals surface area contributed by atoms with Crippen molar-refractivity contribution in [2.24, 2.45) is 5.92 Å². The fourth-order valence-corrected chi connectivity index (χ4v) is 2.99. The molecule has 1 saturated heterocycles. The first-order valence-electron chi connectivity index (χ1n) is 8.02. The predicted octanol–water partition coefficient (Wildman–Crippen LogP) is 3.25. The van der Waals surface area contributed by atoms with E-state index in [1.54, 1.807) is 4.90 Å². The Morgan fingerprint density at radius 1 is 1.43 bits per heavy atom. The van der Waals surface area contributed by atoms with E-state index in [0.29, 0.717) is 31.1 Å². The molecule has 2 rings (SSSR count). The van der Waals surface area contributed by atoms with E-state index in [-0.39, 0.29) is 23.3 Å². The molecule has 0 spiro atoms. The maximum Gasteiger partial charge on any atom is 0.256 e. The summed E-state index contributed by atoms with van der Waals surface area (Å²) in [7, 11) is 0. The Labute approximate surface area is 141 Å². The zero-order valence-electron chi connectivity index (χ0n) is 13.3. The molecule has 1 unspecified atom stereocenters. The number of piperidine rings is 1. The highest BCUT2D eigenvalue weighted by Crippen LogP contribution is 2.21. The first kappa shape index (κ1) is 17.7. The Hall–Kier alpha value is -1.62. The molecule has 1 fully saturated rings. The molecule has 1 N–H and O–H groups in total. The van der Waals surface area contributed by atoms with Gasteiger partial charge in [0.1, 0.15) is 5.82 Å². The molecule has 1 aliphatic rings. The number of amides is 2. The van der Waals surface area contributed by atoms with Gasteiger partial charge >= 0.3 is 0 Å². The summed E-state index contributed by atoms with van der Waals surface area (Å²) in [5.41, 5.74) is 0.00756. The largest absolute Gasteiger partial charge is 0.356 e. The fraction of sp³-hybridized carbons (Fsp3) is 0.529. The number of benzene rings is 1. The van der Waals surface area contributed by atoms with Gasteiger partial charge in [-0.2, -0.15) is 0 Å². The minimum Gasteiger partial charge on any atom is -0.356 e. The molecule has 0 aliphatic carbocycles. The van der Waals surface area contributed by atoms with Crippen LogP contribution in [0, 0.1) is 11.7 Å².